The Bertz CT molecular complexity index is 1280. The van der Waals surface area contributed by atoms with Crippen molar-refractivity contribution >= 4 is 34.9 Å². The molecule has 1 aliphatic carbocycles. The number of hydrogen-bond donors (Lipinski definition) is 0. The normalized spacial score (nSPS) is 21.2. The van der Waals surface area contributed by atoms with E-state index in [2.05, 4.69) is 42.8 Å². The van der Waals surface area contributed by atoms with Crippen LogP contribution in [0.1, 0.15) is 56.2 Å². The lowest BCUT2D eigenvalue weighted by molar-refractivity contribution is -0.143. The van der Waals surface area contributed by atoms with Crippen molar-refractivity contribution in [2.75, 3.05) is 31.1 Å². The zero-order valence-corrected chi connectivity index (χ0v) is 22.6. The van der Waals surface area contributed by atoms with Crippen LogP contribution in [-0.4, -0.2) is 57.6 Å². The van der Waals surface area contributed by atoms with Gasteiger partial charge in [0.15, 0.2) is 11.3 Å². The standard InChI is InChI=1S/C28H34ClN5O3/c1-5-37-27(35)11-20-21-15-32(16-22(20)21)28(36)23-12-25-30-24(29)13-26(34(25)31-23)33(14-17(2)3)18(4)19-9-7-6-8-10-19/h6-10,12-13,17-18,20-22H,5,11,14-16H2,1-4H3/t18-,20-,21?,22+/m0/s1. The van der Waals surface area contributed by atoms with Crippen molar-refractivity contribution in [2.24, 2.45) is 23.7 Å². The highest BCUT2D eigenvalue weighted by molar-refractivity contribution is 6.29. The molecule has 2 aliphatic rings. The number of rotatable bonds is 9. The Morgan fingerprint density at radius 1 is 1.14 bits per heavy atom. The van der Waals surface area contributed by atoms with Gasteiger partial charge in [-0.25, -0.2) is 4.98 Å². The molecule has 2 aromatic heterocycles. The van der Waals surface area contributed by atoms with Crippen LogP contribution in [0.25, 0.3) is 5.65 Å². The minimum absolute atomic E-state index is 0.0654. The average molecular weight is 524 g/mol. The summed E-state index contributed by atoms with van der Waals surface area (Å²) >= 11 is 6.46. The van der Waals surface area contributed by atoms with Gasteiger partial charge in [0.05, 0.1) is 12.6 Å². The lowest BCUT2D eigenvalue weighted by Crippen LogP contribution is -2.33. The first kappa shape index (κ1) is 25.5. The number of piperidine rings is 1. The third-order valence-corrected chi connectivity index (χ3v) is 7.76. The number of carbonyl (C=O) groups excluding carboxylic acids is 2. The molecule has 196 valence electrons. The van der Waals surface area contributed by atoms with Crippen LogP contribution in [0.15, 0.2) is 42.5 Å². The fraction of sp³-hybridized carbons (Fsp3) is 0.500. The summed E-state index contributed by atoms with van der Waals surface area (Å²) in [6.45, 7) is 10.8. The first-order valence-electron chi connectivity index (χ1n) is 13.1. The topological polar surface area (TPSA) is 80.0 Å². The molecule has 1 saturated carbocycles. The highest BCUT2D eigenvalue weighted by Crippen LogP contribution is 2.53. The van der Waals surface area contributed by atoms with Gasteiger partial charge in [-0.2, -0.15) is 9.61 Å². The van der Waals surface area contributed by atoms with E-state index in [9.17, 15) is 9.59 Å². The number of nitrogens with zero attached hydrogens (tertiary/aromatic N) is 5. The van der Waals surface area contributed by atoms with Gasteiger partial charge >= 0.3 is 5.97 Å². The molecule has 0 N–H and O–H groups in total. The van der Waals surface area contributed by atoms with E-state index in [4.69, 9.17) is 21.4 Å². The molecule has 0 bridgehead atoms. The molecule has 1 saturated heterocycles. The quantitative estimate of drug-likeness (QED) is 0.294. The van der Waals surface area contributed by atoms with Crippen molar-refractivity contribution < 1.29 is 14.3 Å². The van der Waals surface area contributed by atoms with Gasteiger partial charge in [0.25, 0.3) is 5.91 Å². The van der Waals surface area contributed by atoms with Crippen LogP contribution in [-0.2, 0) is 9.53 Å². The number of fused-ring (bicyclic) bond motifs is 2. The molecular weight excluding hydrogens is 490 g/mol. The Morgan fingerprint density at radius 3 is 2.49 bits per heavy atom. The summed E-state index contributed by atoms with van der Waals surface area (Å²) in [5, 5.41) is 5.08. The summed E-state index contributed by atoms with van der Waals surface area (Å²) in [5.41, 5.74) is 2.09. The van der Waals surface area contributed by atoms with E-state index in [1.54, 1.807) is 10.6 Å². The number of amides is 1. The molecule has 0 spiro atoms. The molecule has 1 unspecified atom stereocenters. The zero-order valence-electron chi connectivity index (χ0n) is 21.8. The summed E-state index contributed by atoms with van der Waals surface area (Å²) < 4.78 is 6.83. The number of carbonyl (C=O) groups is 2. The van der Waals surface area contributed by atoms with E-state index in [-0.39, 0.29) is 17.9 Å². The number of likely N-dealkylation sites (tertiary alicyclic amines) is 1. The van der Waals surface area contributed by atoms with Crippen molar-refractivity contribution in [3.63, 3.8) is 0 Å². The van der Waals surface area contributed by atoms with E-state index < -0.39 is 0 Å². The maximum Gasteiger partial charge on any atom is 0.306 e. The number of ether oxygens (including phenoxy) is 1. The molecule has 3 aromatic rings. The lowest BCUT2D eigenvalue weighted by Gasteiger charge is -2.33. The summed E-state index contributed by atoms with van der Waals surface area (Å²) in [6.07, 6.45) is 0.441. The van der Waals surface area contributed by atoms with E-state index in [1.165, 1.54) is 5.56 Å². The van der Waals surface area contributed by atoms with Gasteiger partial charge in [0.1, 0.15) is 11.0 Å². The molecule has 5 rings (SSSR count). The van der Waals surface area contributed by atoms with Gasteiger partial charge in [-0.15, -0.1) is 0 Å². The van der Waals surface area contributed by atoms with Crippen molar-refractivity contribution in [3.05, 3.63) is 58.9 Å². The fourth-order valence-electron chi connectivity index (χ4n) is 5.69. The smallest absolute Gasteiger partial charge is 0.306 e. The molecule has 3 heterocycles. The van der Waals surface area contributed by atoms with E-state index >= 15 is 0 Å². The van der Waals surface area contributed by atoms with Crippen molar-refractivity contribution in [2.45, 2.75) is 40.2 Å². The Hall–Kier alpha value is -3.13. The second kappa shape index (κ2) is 10.3. The Kier molecular flexibility index (Phi) is 7.12. The first-order valence-corrected chi connectivity index (χ1v) is 13.5. The van der Waals surface area contributed by atoms with Crippen molar-refractivity contribution in [1.29, 1.82) is 0 Å². The van der Waals surface area contributed by atoms with Crippen molar-refractivity contribution in [1.82, 2.24) is 19.5 Å². The van der Waals surface area contributed by atoms with Gasteiger partial charge in [-0.3, -0.25) is 9.59 Å². The monoisotopic (exact) mass is 523 g/mol. The van der Waals surface area contributed by atoms with Crippen LogP contribution < -0.4 is 4.90 Å². The predicted molar refractivity (Wildman–Crippen MR) is 143 cm³/mol. The maximum atomic E-state index is 13.4. The van der Waals surface area contributed by atoms with Gasteiger partial charge in [0.2, 0.25) is 0 Å². The molecule has 2 fully saturated rings. The number of halogens is 1. The van der Waals surface area contributed by atoms with Crippen LogP contribution in [0.4, 0.5) is 5.82 Å². The minimum Gasteiger partial charge on any atom is -0.466 e. The zero-order chi connectivity index (χ0) is 26.3. The Labute approximate surface area is 222 Å². The average Bonchev–Trinajstić information content (AvgIpc) is 3.20. The van der Waals surface area contributed by atoms with E-state index in [1.807, 2.05) is 36.1 Å². The van der Waals surface area contributed by atoms with E-state index in [0.717, 1.165) is 12.4 Å². The molecule has 4 atom stereocenters. The summed E-state index contributed by atoms with van der Waals surface area (Å²) in [4.78, 5) is 33.8. The molecule has 8 nitrogen and oxygen atoms in total. The van der Waals surface area contributed by atoms with Gasteiger partial charge < -0.3 is 14.5 Å². The first-order chi connectivity index (χ1) is 17.8. The molecule has 0 radical (unpaired) electrons. The van der Waals surface area contributed by atoms with Crippen LogP contribution in [0.2, 0.25) is 5.15 Å². The summed E-state index contributed by atoms with van der Waals surface area (Å²) in [6, 6.07) is 13.9. The third-order valence-electron chi connectivity index (χ3n) is 7.57. The molecule has 1 aliphatic heterocycles. The molecular formula is C28H34ClN5O3. The molecule has 9 heteroatoms. The van der Waals surface area contributed by atoms with E-state index in [0.29, 0.717) is 66.3 Å². The molecule has 1 amide bonds. The number of hydrogen-bond acceptors (Lipinski definition) is 6. The second-order valence-corrected chi connectivity index (χ2v) is 11.0. The lowest BCUT2D eigenvalue weighted by atomic mass is 10.1. The SMILES string of the molecule is CCOC(=O)C[C@H]1C2CN(C(=O)c3cc4nc(Cl)cc(N(CC(C)C)[C@@H](C)c5ccccc5)n4n3)C[C@@H]21. The summed E-state index contributed by atoms with van der Waals surface area (Å²) in [5.74, 6) is 1.98. The Morgan fingerprint density at radius 2 is 1.84 bits per heavy atom. The maximum absolute atomic E-state index is 13.4. The van der Waals surface area contributed by atoms with Crippen LogP contribution in [0.3, 0.4) is 0 Å². The van der Waals surface area contributed by atoms with Gasteiger partial charge in [-0.1, -0.05) is 55.8 Å². The third kappa shape index (κ3) is 5.17. The van der Waals surface area contributed by atoms with Gasteiger partial charge in [-0.05, 0) is 43.1 Å². The predicted octanol–water partition coefficient (Wildman–Crippen LogP) is 4.88. The largest absolute Gasteiger partial charge is 0.466 e. The summed E-state index contributed by atoms with van der Waals surface area (Å²) in [7, 11) is 0. The molecule has 37 heavy (non-hydrogen) atoms. The Balaban J connectivity index is 1.39. The second-order valence-electron chi connectivity index (χ2n) is 10.6. The number of aromatic nitrogens is 3. The van der Waals surface area contributed by atoms with Crippen LogP contribution >= 0.6 is 11.6 Å². The number of benzene rings is 1. The van der Waals surface area contributed by atoms with Gasteiger partial charge in [0, 0.05) is 38.2 Å². The highest BCUT2D eigenvalue weighted by atomic mass is 35.5. The number of anilines is 1. The van der Waals surface area contributed by atoms with Crippen LogP contribution in [0, 0.1) is 23.7 Å². The highest BCUT2D eigenvalue weighted by Gasteiger charge is 2.57. The number of esters is 1. The minimum atomic E-state index is -0.147. The van der Waals surface area contributed by atoms with Crippen LogP contribution in [0.5, 0.6) is 0 Å². The molecule has 1 aromatic carbocycles. The van der Waals surface area contributed by atoms with Crippen molar-refractivity contribution in [3.8, 4) is 0 Å². The fourth-order valence-corrected chi connectivity index (χ4v) is 5.87.